The first-order chi connectivity index (χ1) is 21.0. The molecule has 0 saturated heterocycles. The first-order valence-electron chi connectivity index (χ1n) is 15.4. The van der Waals surface area contributed by atoms with E-state index in [0.29, 0.717) is 28.9 Å². The topological polar surface area (TPSA) is 59.2 Å². The van der Waals surface area contributed by atoms with Crippen LogP contribution in [0.4, 0.5) is 0 Å². The molecule has 4 nitrogen and oxygen atoms in total. The minimum absolute atomic E-state index is 0.121. The lowest BCUT2D eigenvalue weighted by molar-refractivity contribution is 0.474. The van der Waals surface area contributed by atoms with Crippen molar-refractivity contribution in [3.8, 4) is 50.7 Å². The van der Waals surface area contributed by atoms with E-state index in [1.165, 1.54) is 16.7 Å². The molecule has 0 aliphatic carbocycles. The Balaban J connectivity index is 1.65. The standard InChI is InChI=1S/C40H40N2O2/c1-24(2)26-16-27(25(3)4)18-28(17-26)29-19-30(21-31(20-29)35-13-10-11-15-41-35)34-22-32(40(5,6)7)23-37-38(34)42-39(44-37)33-12-8-9-14-36(33)43/h8-25,43H,1-7H3. The SMILES string of the molecule is CC(C)c1cc(-c2cc(-c3ccccn3)cc(-c3cc(C(C)(C)C)cc4oc(-c5ccccc5O)nc34)c2)cc(C(C)C)c1. The summed E-state index contributed by atoms with van der Waals surface area (Å²) >= 11 is 0. The number of rotatable bonds is 6. The summed E-state index contributed by atoms with van der Waals surface area (Å²) in [5.41, 5.74) is 12.0. The summed E-state index contributed by atoms with van der Waals surface area (Å²) in [7, 11) is 0. The van der Waals surface area contributed by atoms with Crippen LogP contribution >= 0.6 is 0 Å². The van der Waals surface area contributed by atoms with Crippen molar-refractivity contribution < 1.29 is 9.52 Å². The third kappa shape index (κ3) is 5.77. The normalized spacial score (nSPS) is 12.0. The third-order valence-corrected chi connectivity index (χ3v) is 8.34. The van der Waals surface area contributed by atoms with E-state index in [-0.39, 0.29) is 11.2 Å². The van der Waals surface area contributed by atoms with Gasteiger partial charge in [-0.2, -0.15) is 0 Å². The second-order valence-corrected chi connectivity index (χ2v) is 13.4. The molecule has 0 radical (unpaired) electrons. The van der Waals surface area contributed by atoms with E-state index in [4.69, 9.17) is 14.4 Å². The second-order valence-electron chi connectivity index (χ2n) is 13.4. The van der Waals surface area contributed by atoms with Crippen LogP contribution in [0.3, 0.4) is 0 Å². The van der Waals surface area contributed by atoms with Crippen molar-refractivity contribution in [2.75, 3.05) is 0 Å². The number of aromatic nitrogens is 2. The van der Waals surface area contributed by atoms with Crippen LogP contribution in [0.1, 0.15) is 77.0 Å². The van der Waals surface area contributed by atoms with Crippen molar-refractivity contribution in [2.24, 2.45) is 0 Å². The fourth-order valence-electron chi connectivity index (χ4n) is 5.59. The van der Waals surface area contributed by atoms with Crippen LogP contribution in [0.25, 0.3) is 56.1 Å². The number of pyridine rings is 1. The maximum Gasteiger partial charge on any atom is 0.231 e. The lowest BCUT2D eigenvalue weighted by Crippen LogP contribution is -2.11. The lowest BCUT2D eigenvalue weighted by Gasteiger charge is -2.20. The summed E-state index contributed by atoms with van der Waals surface area (Å²) < 4.78 is 6.36. The number of phenolic OH excluding ortho intramolecular Hbond substituents is 1. The molecule has 0 spiro atoms. The predicted octanol–water partition coefficient (Wildman–Crippen LogP) is 11.1. The van der Waals surface area contributed by atoms with Crippen molar-refractivity contribution in [1.82, 2.24) is 9.97 Å². The first-order valence-corrected chi connectivity index (χ1v) is 15.4. The van der Waals surface area contributed by atoms with E-state index >= 15 is 0 Å². The zero-order valence-corrected chi connectivity index (χ0v) is 26.6. The Bertz CT molecular complexity index is 1930. The van der Waals surface area contributed by atoms with Gasteiger partial charge in [0.1, 0.15) is 11.3 Å². The summed E-state index contributed by atoms with van der Waals surface area (Å²) in [4.78, 5) is 9.70. The molecule has 2 heterocycles. The Morgan fingerprint density at radius 2 is 1.30 bits per heavy atom. The van der Waals surface area contributed by atoms with Gasteiger partial charge in [-0.3, -0.25) is 4.98 Å². The number of aromatic hydroxyl groups is 1. The highest BCUT2D eigenvalue weighted by atomic mass is 16.3. The molecule has 2 aromatic heterocycles. The van der Waals surface area contributed by atoms with Gasteiger partial charge in [-0.05, 0) is 105 Å². The molecule has 4 aromatic carbocycles. The monoisotopic (exact) mass is 580 g/mol. The number of phenols is 1. The molecule has 0 saturated carbocycles. The fraction of sp³-hybridized carbons (Fsp3) is 0.250. The zero-order valence-electron chi connectivity index (χ0n) is 26.6. The highest BCUT2D eigenvalue weighted by Gasteiger charge is 2.22. The largest absolute Gasteiger partial charge is 0.507 e. The van der Waals surface area contributed by atoms with E-state index in [9.17, 15) is 5.11 Å². The number of fused-ring (bicyclic) bond motifs is 1. The minimum Gasteiger partial charge on any atom is -0.507 e. The number of hydrogen-bond donors (Lipinski definition) is 1. The number of oxazole rings is 1. The van der Waals surface area contributed by atoms with E-state index in [2.05, 4.69) is 103 Å². The summed E-state index contributed by atoms with van der Waals surface area (Å²) in [6.45, 7) is 15.6. The van der Waals surface area contributed by atoms with Crippen LogP contribution in [0, 0.1) is 0 Å². The van der Waals surface area contributed by atoms with Crippen molar-refractivity contribution in [3.63, 3.8) is 0 Å². The quantitative estimate of drug-likeness (QED) is 0.213. The molecule has 0 fully saturated rings. The molecule has 222 valence electrons. The van der Waals surface area contributed by atoms with Crippen LogP contribution in [-0.2, 0) is 5.41 Å². The molecule has 0 amide bonds. The van der Waals surface area contributed by atoms with E-state index in [1.807, 2.05) is 30.5 Å². The Labute approximate surface area is 260 Å². The van der Waals surface area contributed by atoms with Gasteiger partial charge >= 0.3 is 0 Å². The molecule has 6 aromatic rings. The molecule has 1 N–H and O–H groups in total. The first kappa shape index (κ1) is 29.4. The molecular formula is C40H40N2O2. The van der Waals surface area contributed by atoms with Gasteiger partial charge in [0.05, 0.1) is 11.3 Å². The summed E-state index contributed by atoms with van der Waals surface area (Å²) in [6.07, 6.45) is 1.84. The van der Waals surface area contributed by atoms with Crippen LogP contribution in [0.2, 0.25) is 0 Å². The number of nitrogens with zero attached hydrogens (tertiary/aromatic N) is 2. The molecule has 6 rings (SSSR count). The molecule has 0 aliphatic heterocycles. The second kappa shape index (κ2) is 11.4. The van der Waals surface area contributed by atoms with Crippen LogP contribution in [0.5, 0.6) is 5.75 Å². The number of benzene rings is 4. The van der Waals surface area contributed by atoms with E-state index < -0.39 is 0 Å². The molecule has 0 atom stereocenters. The molecule has 4 heteroatoms. The van der Waals surface area contributed by atoms with Crippen molar-refractivity contribution in [3.05, 3.63) is 114 Å². The van der Waals surface area contributed by atoms with Gasteiger partial charge in [-0.1, -0.05) is 84.9 Å². The zero-order chi connectivity index (χ0) is 31.2. The average molecular weight is 581 g/mol. The van der Waals surface area contributed by atoms with Crippen molar-refractivity contribution in [2.45, 2.75) is 65.7 Å². The van der Waals surface area contributed by atoms with E-state index in [1.54, 1.807) is 12.1 Å². The van der Waals surface area contributed by atoms with Crippen molar-refractivity contribution in [1.29, 1.82) is 0 Å². The van der Waals surface area contributed by atoms with Gasteiger partial charge in [0, 0.05) is 17.3 Å². The van der Waals surface area contributed by atoms with Crippen LogP contribution < -0.4 is 0 Å². The number of hydrogen-bond acceptors (Lipinski definition) is 4. The lowest BCUT2D eigenvalue weighted by atomic mass is 9.84. The highest BCUT2D eigenvalue weighted by molar-refractivity contribution is 5.95. The Hall–Kier alpha value is -4.70. The molecule has 44 heavy (non-hydrogen) atoms. The highest BCUT2D eigenvalue weighted by Crippen LogP contribution is 2.41. The van der Waals surface area contributed by atoms with Gasteiger partial charge < -0.3 is 9.52 Å². The maximum absolute atomic E-state index is 10.6. The molecule has 0 aliphatic rings. The average Bonchev–Trinajstić information content (AvgIpc) is 3.44. The van der Waals surface area contributed by atoms with Crippen LogP contribution in [0.15, 0.2) is 102 Å². The minimum atomic E-state index is -0.121. The predicted molar refractivity (Wildman–Crippen MR) is 182 cm³/mol. The van der Waals surface area contributed by atoms with Gasteiger partial charge in [0.2, 0.25) is 5.89 Å². The molecule has 0 unspecified atom stereocenters. The summed E-state index contributed by atoms with van der Waals surface area (Å²) in [5, 5.41) is 10.6. The number of para-hydroxylation sites is 1. The summed E-state index contributed by atoms with van der Waals surface area (Å²) in [6, 6.07) is 31.2. The van der Waals surface area contributed by atoms with Crippen molar-refractivity contribution >= 4 is 11.1 Å². The van der Waals surface area contributed by atoms with Gasteiger partial charge in [-0.15, -0.1) is 0 Å². The molecular weight excluding hydrogens is 540 g/mol. The Morgan fingerprint density at radius 3 is 1.93 bits per heavy atom. The van der Waals surface area contributed by atoms with Gasteiger partial charge in [-0.25, -0.2) is 4.98 Å². The summed E-state index contributed by atoms with van der Waals surface area (Å²) in [5.74, 6) is 1.37. The fourth-order valence-corrected chi connectivity index (χ4v) is 5.59. The Morgan fingerprint density at radius 1 is 0.659 bits per heavy atom. The smallest absolute Gasteiger partial charge is 0.231 e. The Kier molecular flexibility index (Phi) is 7.63. The van der Waals surface area contributed by atoms with Gasteiger partial charge in [0.25, 0.3) is 0 Å². The van der Waals surface area contributed by atoms with E-state index in [0.717, 1.165) is 39.0 Å². The third-order valence-electron chi connectivity index (χ3n) is 8.34. The molecule has 0 bridgehead atoms. The maximum atomic E-state index is 10.6. The van der Waals surface area contributed by atoms with Crippen LogP contribution in [-0.4, -0.2) is 15.1 Å². The van der Waals surface area contributed by atoms with Gasteiger partial charge in [0.15, 0.2) is 5.58 Å².